The molecule has 0 radical (unpaired) electrons. The van der Waals surface area contributed by atoms with Crippen molar-refractivity contribution in [2.75, 3.05) is 91.9 Å². The van der Waals surface area contributed by atoms with Gasteiger partial charge in [0.15, 0.2) is 0 Å². The molecule has 0 saturated carbocycles. The van der Waals surface area contributed by atoms with Crippen molar-refractivity contribution in [2.45, 2.75) is 27.7 Å². The Balaban J connectivity index is -0.000000116. The van der Waals surface area contributed by atoms with Crippen LogP contribution in [0.1, 0.15) is 27.7 Å². The number of hydrogen-bond donors (Lipinski definition) is 3. The molecule has 0 fully saturated rings. The molecular formula is C23H52N6O3Ti. The zero-order valence-corrected chi connectivity index (χ0v) is 23.3. The van der Waals surface area contributed by atoms with Gasteiger partial charge >= 0.3 is 21.7 Å². The zero-order valence-electron chi connectivity index (χ0n) is 21.7. The summed E-state index contributed by atoms with van der Waals surface area (Å²) in [5.74, 6) is 0. The number of nitrogens with one attached hydrogen (secondary N) is 6. The van der Waals surface area contributed by atoms with E-state index in [1.807, 2.05) is 27.7 Å². The summed E-state index contributed by atoms with van der Waals surface area (Å²) in [6, 6.07) is 0. The maximum absolute atomic E-state index is 10.9. The van der Waals surface area contributed by atoms with E-state index >= 15 is 0 Å². The van der Waals surface area contributed by atoms with Crippen LogP contribution in [0.25, 0.3) is 17.2 Å². The van der Waals surface area contributed by atoms with Gasteiger partial charge < -0.3 is 47.7 Å². The molecule has 0 aliphatic carbocycles. The Morgan fingerprint density at radius 3 is 1.21 bits per heavy atom. The van der Waals surface area contributed by atoms with Gasteiger partial charge in [0.1, 0.15) is 0 Å². The van der Waals surface area contributed by atoms with E-state index in [9.17, 15) is 5.11 Å². The third kappa shape index (κ3) is 49.9. The third-order valence-electron chi connectivity index (χ3n) is 3.38. The van der Waals surface area contributed by atoms with Crippen LogP contribution in [-0.2, 0) is 31.2 Å². The van der Waals surface area contributed by atoms with Gasteiger partial charge in [0.25, 0.3) is 0 Å². The minimum absolute atomic E-state index is 0. The summed E-state index contributed by atoms with van der Waals surface area (Å²) in [5, 5.41) is 20.0. The molecule has 33 heavy (non-hydrogen) atoms. The van der Waals surface area contributed by atoms with Gasteiger partial charge in [0.2, 0.25) is 0 Å². The molecule has 0 heterocycles. The second kappa shape index (κ2) is 42.0. The number of likely N-dealkylation sites (N-methyl/N-ethyl adjacent to an activating group) is 3. The zero-order chi connectivity index (χ0) is 25.3. The van der Waals surface area contributed by atoms with Crippen LogP contribution in [-0.4, -0.2) is 91.9 Å². The van der Waals surface area contributed by atoms with E-state index in [2.05, 4.69) is 29.1 Å². The molecule has 0 amide bonds. The van der Waals surface area contributed by atoms with Crippen LogP contribution in [0.4, 0.5) is 0 Å². The van der Waals surface area contributed by atoms with Crippen molar-refractivity contribution >= 4 is 0 Å². The van der Waals surface area contributed by atoms with Crippen LogP contribution >= 0.6 is 0 Å². The SMILES string of the molecule is C=CCOCC(C)(C[O-])COCC=C.CCNCC[NH-].CCNCC[NH-].CCNCC[NH-].[Ti+4]. The Morgan fingerprint density at radius 1 is 0.758 bits per heavy atom. The maximum Gasteiger partial charge on any atom is 4.00 e. The summed E-state index contributed by atoms with van der Waals surface area (Å²) in [5.41, 5.74) is 19.5. The van der Waals surface area contributed by atoms with Crippen molar-refractivity contribution in [3.05, 3.63) is 42.5 Å². The first-order valence-corrected chi connectivity index (χ1v) is 11.4. The molecule has 9 nitrogen and oxygen atoms in total. The van der Waals surface area contributed by atoms with Crippen LogP contribution in [0.2, 0.25) is 0 Å². The standard InChI is InChI=1S/C11H19O3.3C4H11N2.Ti/c1-4-6-13-9-11(3,8-12)10-14-7-5-2;3*1-2-6-4-3-5;/h4-5H,1-2,6-10H2,3H3;3*5-6H,2-4H2,1H3;/q4*-1;+4. The van der Waals surface area contributed by atoms with Crippen molar-refractivity contribution in [1.29, 1.82) is 0 Å². The second-order valence-electron chi connectivity index (χ2n) is 6.87. The fourth-order valence-corrected chi connectivity index (χ4v) is 1.70. The van der Waals surface area contributed by atoms with Crippen LogP contribution in [0.15, 0.2) is 25.3 Å². The summed E-state index contributed by atoms with van der Waals surface area (Å²) in [4.78, 5) is 0. The molecule has 0 bridgehead atoms. The first-order valence-electron chi connectivity index (χ1n) is 11.4. The van der Waals surface area contributed by atoms with Crippen LogP contribution in [0, 0.1) is 5.41 Å². The Hall–Kier alpha value is -0.166. The Kier molecular flexibility index (Phi) is 54.7. The molecule has 0 aliphatic heterocycles. The Morgan fingerprint density at radius 2 is 1.06 bits per heavy atom. The van der Waals surface area contributed by atoms with Gasteiger partial charge in [0.05, 0.1) is 26.4 Å². The van der Waals surface area contributed by atoms with Gasteiger partial charge in [-0.1, -0.05) is 39.8 Å². The Bertz CT molecular complexity index is 298. The van der Waals surface area contributed by atoms with Gasteiger partial charge in [-0.15, -0.1) is 39.4 Å². The van der Waals surface area contributed by atoms with E-state index in [0.717, 1.165) is 39.3 Å². The third-order valence-corrected chi connectivity index (χ3v) is 3.38. The van der Waals surface area contributed by atoms with Crippen LogP contribution in [0.3, 0.4) is 0 Å². The van der Waals surface area contributed by atoms with E-state index in [0.29, 0.717) is 46.1 Å². The minimum Gasteiger partial charge on any atom is -0.854 e. The van der Waals surface area contributed by atoms with Crippen molar-refractivity contribution in [2.24, 2.45) is 5.41 Å². The average Bonchev–Trinajstić information content (AvgIpc) is 2.81. The molecule has 0 spiro atoms. The summed E-state index contributed by atoms with van der Waals surface area (Å²) < 4.78 is 10.5. The summed E-state index contributed by atoms with van der Waals surface area (Å²) >= 11 is 0. The molecule has 0 aromatic carbocycles. The monoisotopic (exact) mass is 508 g/mol. The minimum atomic E-state index is -0.452. The fraction of sp³-hybridized carbons (Fsp3) is 0.826. The second-order valence-corrected chi connectivity index (χ2v) is 6.87. The van der Waals surface area contributed by atoms with Crippen molar-refractivity contribution in [1.82, 2.24) is 16.0 Å². The molecule has 0 saturated heterocycles. The molecule has 196 valence electrons. The van der Waals surface area contributed by atoms with E-state index in [1.54, 1.807) is 12.2 Å². The largest absolute Gasteiger partial charge is 4.00 e. The fourth-order valence-electron chi connectivity index (χ4n) is 1.70. The molecule has 10 heteroatoms. The quantitative estimate of drug-likeness (QED) is 0.147. The smallest absolute Gasteiger partial charge is 0.854 e. The van der Waals surface area contributed by atoms with Gasteiger partial charge in [-0.2, -0.15) is 0 Å². The number of rotatable bonds is 18. The maximum atomic E-state index is 10.9. The molecule has 0 atom stereocenters. The summed E-state index contributed by atoms with van der Waals surface area (Å²) in [6.45, 7) is 23.5. The van der Waals surface area contributed by atoms with Gasteiger partial charge in [0, 0.05) is 0 Å². The molecule has 0 rings (SSSR count). The van der Waals surface area contributed by atoms with Gasteiger partial charge in [-0.3, -0.25) is 0 Å². The van der Waals surface area contributed by atoms with Gasteiger partial charge in [-0.25, -0.2) is 0 Å². The van der Waals surface area contributed by atoms with Crippen molar-refractivity contribution in [3.63, 3.8) is 0 Å². The van der Waals surface area contributed by atoms with Crippen LogP contribution < -0.4 is 21.1 Å². The topological polar surface area (TPSA) is 149 Å². The van der Waals surface area contributed by atoms with Gasteiger partial charge in [-0.05, 0) is 44.7 Å². The summed E-state index contributed by atoms with van der Waals surface area (Å²) in [7, 11) is 0. The van der Waals surface area contributed by atoms with E-state index in [1.165, 1.54) is 0 Å². The predicted octanol–water partition coefficient (Wildman–Crippen LogP) is 2.70. The number of hydrogen-bond acceptors (Lipinski definition) is 6. The molecule has 0 unspecified atom stereocenters. The Labute approximate surface area is 219 Å². The van der Waals surface area contributed by atoms with Crippen LogP contribution in [0.5, 0.6) is 0 Å². The number of ether oxygens (including phenoxy) is 2. The normalized spacial score (nSPS) is 9.70. The molecule has 0 aromatic heterocycles. The molecular weight excluding hydrogens is 456 g/mol. The molecule has 6 N–H and O–H groups in total. The molecule has 0 aromatic rings. The first-order chi connectivity index (χ1) is 15.4. The average molecular weight is 509 g/mol. The predicted molar refractivity (Wildman–Crippen MR) is 138 cm³/mol. The summed E-state index contributed by atoms with van der Waals surface area (Å²) in [6.07, 6.45) is 3.33. The van der Waals surface area contributed by atoms with Crippen molar-refractivity contribution in [3.8, 4) is 0 Å². The van der Waals surface area contributed by atoms with E-state index in [-0.39, 0.29) is 28.3 Å². The van der Waals surface area contributed by atoms with E-state index < -0.39 is 5.41 Å². The first kappa shape index (κ1) is 42.9. The molecule has 0 aliphatic rings. The van der Waals surface area contributed by atoms with E-state index in [4.69, 9.17) is 26.7 Å². The van der Waals surface area contributed by atoms with Crippen molar-refractivity contribution < 1.29 is 36.3 Å².